The van der Waals surface area contributed by atoms with Gasteiger partial charge in [-0.25, -0.2) is 18.7 Å². The maximum atomic E-state index is 12.7. The summed E-state index contributed by atoms with van der Waals surface area (Å²) in [6.45, 7) is 2.16. The number of aromatic nitrogens is 3. The molecular weight excluding hydrogens is 458 g/mol. The van der Waals surface area contributed by atoms with E-state index >= 15 is 0 Å². The lowest BCUT2D eigenvalue weighted by Gasteiger charge is -2.37. The number of ether oxygens (including phenoxy) is 1. The van der Waals surface area contributed by atoms with Gasteiger partial charge in [0.05, 0.1) is 19.0 Å². The van der Waals surface area contributed by atoms with Crippen LogP contribution in [0.2, 0.25) is 0 Å². The number of alkyl halides is 2. The number of piperidine rings is 1. The number of anilines is 1. The highest BCUT2D eigenvalue weighted by molar-refractivity contribution is 5.97. The second-order valence-electron chi connectivity index (χ2n) is 8.52. The molecule has 1 aliphatic rings. The Morgan fingerprint density at radius 3 is 2.63 bits per heavy atom. The van der Waals surface area contributed by atoms with E-state index in [0.29, 0.717) is 37.6 Å². The molecule has 0 unspecified atom stereocenters. The number of fused-ring (bicyclic) bond motifs is 1. The summed E-state index contributed by atoms with van der Waals surface area (Å²) in [4.78, 5) is 35.6. The molecule has 4 rings (SSSR count). The fourth-order valence-electron chi connectivity index (χ4n) is 4.25. The van der Waals surface area contributed by atoms with Gasteiger partial charge in [-0.05, 0) is 36.4 Å². The summed E-state index contributed by atoms with van der Waals surface area (Å²) in [6.07, 6.45) is 3.21. The summed E-state index contributed by atoms with van der Waals surface area (Å²) in [5.41, 5.74) is 6.36. The molecule has 0 radical (unpaired) electrons. The van der Waals surface area contributed by atoms with Crippen LogP contribution in [0.1, 0.15) is 35.3 Å². The molecule has 1 fully saturated rings. The normalized spacial score (nSPS) is 14.6. The van der Waals surface area contributed by atoms with Crippen molar-refractivity contribution in [1.82, 2.24) is 19.4 Å². The van der Waals surface area contributed by atoms with E-state index in [1.807, 2.05) is 27.8 Å². The van der Waals surface area contributed by atoms with Crippen molar-refractivity contribution in [3.63, 3.8) is 0 Å². The molecule has 3 heterocycles. The van der Waals surface area contributed by atoms with Crippen LogP contribution in [0, 0.1) is 0 Å². The average Bonchev–Trinajstić information content (AvgIpc) is 3.28. The Morgan fingerprint density at radius 2 is 1.97 bits per heavy atom. The Kier molecular flexibility index (Phi) is 7.54. The number of halogens is 2. The second kappa shape index (κ2) is 10.8. The van der Waals surface area contributed by atoms with Gasteiger partial charge in [-0.15, -0.1) is 0 Å². The van der Waals surface area contributed by atoms with E-state index in [1.165, 1.54) is 6.20 Å². The number of hydrogen-bond acceptors (Lipinski definition) is 6. The van der Waals surface area contributed by atoms with Crippen LogP contribution in [0.4, 0.5) is 14.6 Å². The molecule has 11 heteroatoms. The van der Waals surface area contributed by atoms with Crippen molar-refractivity contribution in [2.24, 2.45) is 5.73 Å². The summed E-state index contributed by atoms with van der Waals surface area (Å²) >= 11 is 0. The number of hydrogen-bond donors (Lipinski definition) is 1. The first-order chi connectivity index (χ1) is 16.8. The van der Waals surface area contributed by atoms with Crippen LogP contribution in [0.15, 0.2) is 42.9 Å². The lowest BCUT2D eigenvalue weighted by molar-refractivity contribution is -0.137. The van der Waals surface area contributed by atoms with Crippen LogP contribution in [0.5, 0.6) is 0 Å². The maximum Gasteiger partial charge on any atom is 0.281 e. The van der Waals surface area contributed by atoms with Crippen molar-refractivity contribution < 1.29 is 23.1 Å². The molecule has 1 aromatic carbocycles. The number of primary amides is 1. The molecule has 0 aliphatic carbocycles. The van der Waals surface area contributed by atoms with E-state index in [4.69, 9.17) is 10.5 Å². The molecule has 186 valence electrons. The summed E-state index contributed by atoms with van der Waals surface area (Å²) in [5, 5.41) is 0.994. The minimum Gasteiger partial charge on any atom is -0.370 e. The number of amides is 2. The molecule has 0 spiro atoms. The molecule has 35 heavy (non-hydrogen) atoms. The van der Waals surface area contributed by atoms with Gasteiger partial charge in [-0.3, -0.25) is 9.59 Å². The number of nitrogens with zero attached hydrogens (tertiary/aromatic N) is 5. The van der Waals surface area contributed by atoms with Crippen LogP contribution >= 0.6 is 0 Å². The van der Waals surface area contributed by atoms with E-state index in [-0.39, 0.29) is 24.2 Å². The highest BCUT2D eigenvalue weighted by atomic mass is 19.3. The van der Waals surface area contributed by atoms with Crippen molar-refractivity contribution in [2.75, 3.05) is 38.3 Å². The van der Waals surface area contributed by atoms with Gasteiger partial charge in [-0.2, -0.15) is 0 Å². The molecule has 1 aliphatic heterocycles. The van der Waals surface area contributed by atoms with Crippen LogP contribution in [0.3, 0.4) is 0 Å². The Bertz CT molecular complexity index is 1180. The first-order valence-corrected chi connectivity index (χ1v) is 11.4. The Hall–Kier alpha value is -3.60. The SMILES string of the molecule is CN(C(=O)COCCn1ccc2ccc(C(N)=O)cc21)C1CCN(c2cnc(C(F)F)cn2)CC1. The number of carbonyl (C=O) groups is 2. The van der Waals surface area contributed by atoms with Crippen molar-refractivity contribution in [1.29, 1.82) is 0 Å². The Labute approximate surface area is 201 Å². The van der Waals surface area contributed by atoms with Crippen LogP contribution in [-0.2, 0) is 16.1 Å². The van der Waals surface area contributed by atoms with Crippen LogP contribution in [0.25, 0.3) is 10.9 Å². The average molecular weight is 487 g/mol. The largest absolute Gasteiger partial charge is 0.370 e. The Balaban J connectivity index is 1.22. The van der Waals surface area contributed by atoms with Gasteiger partial charge in [0.2, 0.25) is 11.8 Å². The zero-order valence-electron chi connectivity index (χ0n) is 19.4. The third-order valence-corrected chi connectivity index (χ3v) is 6.37. The van der Waals surface area contributed by atoms with Gasteiger partial charge in [0.25, 0.3) is 6.43 Å². The van der Waals surface area contributed by atoms with E-state index in [2.05, 4.69) is 9.97 Å². The lowest BCUT2D eigenvalue weighted by Crippen LogP contribution is -2.47. The van der Waals surface area contributed by atoms with Crippen LogP contribution < -0.4 is 10.6 Å². The second-order valence-corrected chi connectivity index (χ2v) is 8.52. The first kappa shape index (κ1) is 24.5. The predicted molar refractivity (Wildman–Crippen MR) is 126 cm³/mol. The number of carbonyl (C=O) groups excluding carboxylic acids is 2. The molecule has 3 aromatic rings. The van der Waals surface area contributed by atoms with Gasteiger partial charge in [0.1, 0.15) is 18.1 Å². The van der Waals surface area contributed by atoms with Gasteiger partial charge < -0.3 is 24.8 Å². The molecule has 9 nitrogen and oxygen atoms in total. The minimum absolute atomic E-state index is 0.0248. The maximum absolute atomic E-state index is 12.7. The van der Waals surface area contributed by atoms with E-state index in [0.717, 1.165) is 29.9 Å². The third kappa shape index (κ3) is 5.73. The molecular formula is C24H28F2N6O3. The highest BCUT2D eigenvalue weighted by Gasteiger charge is 2.26. The zero-order valence-corrected chi connectivity index (χ0v) is 19.4. The summed E-state index contributed by atoms with van der Waals surface area (Å²) in [5.74, 6) is -0.0171. The number of nitrogens with two attached hydrogens (primary N) is 1. The predicted octanol–water partition coefficient (Wildman–Crippen LogP) is 2.61. The standard InChI is InChI=1S/C24H28F2N6O3/c1-30(18-5-8-32(9-6-18)21-14-28-19(13-29-21)23(25)26)22(33)15-35-11-10-31-7-4-16-2-3-17(24(27)34)12-20(16)31/h2-4,7,12-14,18,23H,5-6,8-11,15H2,1H3,(H2,27,34). The molecule has 0 atom stereocenters. The zero-order chi connectivity index (χ0) is 24.9. The quantitative estimate of drug-likeness (QED) is 0.466. The first-order valence-electron chi connectivity index (χ1n) is 11.4. The van der Waals surface area contributed by atoms with Crippen molar-refractivity contribution in [3.05, 3.63) is 54.1 Å². The fraction of sp³-hybridized carbons (Fsp3) is 0.417. The van der Waals surface area contributed by atoms with Gasteiger partial charge in [0, 0.05) is 50.0 Å². The molecule has 1 saturated heterocycles. The minimum atomic E-state index is -2.64. The van der Waals surface area contributed by atoms with Crippen molar-refractivity contribution >= 4 is 28.5 Å². The number of benzene rings is 1. The molecule has 2 N–H and O–H groups in total. The third-order valence-electron chi connectivity index (χ3n) is 6.37. The van der Waals surface area contributed by atoms with Gasteiger partial charge in [-0.1, -0.05) is 6.07 Å². The summed E-state index contributed by atoms with van der Waals surface area (Å²) < 4.78 is 32.9. The molecule has 2 amide bonds. The monoisotopic (exact) mass is 486 g/mol. The van der Waals surface area contributed by atoms with Gasteiger partial charge >= 0.3 is 0 Å². The van der Waals surface area contributed by atoms with Crippen molar-refractivity contribution in [3.8, 4) is 0 Å². The lowest BCUT2D eigenvalue weighted by atomic mass is 10.0. The fourth-order valence-corrected chi connectivity index (χ4v) is 4.25. The highest BCUT2D eigenvalue weighted by Crippen LogP contribution is 2.22. The molecule has 0 bridgehead atoms. The van der Waals surface area contributed by atoms with Gasteiger partial charge in [0.15, 0.2) is 0 Å². The summed E-state index contributed by atoms with van der Waals surface area (Å²) in [7, 11) is 1.77. The number of rotatable bonds is 9. The van der Waals surface area contributed by atoms with Crippen LogP contribution in [-0.4, -0.2) is 70.6 Å². The van der Waals surface area contributed by atoms with E-state index in [1.54, 1.807) is 24.1 Å². The van der Waals surface area contributed by atoms with E-state index < -0.39 is 12.3 Å². The van der Waals surface area contributed by atoms with Crippen molar-refractivity contribution in [2.45, 2.75) is 31.9 Å². The molecule has 2 aromatic heterocycles. The Morgan fingerprint density at radius 1 is 1.20 bits per heavy atom. The smallest absolute Gasteiger partial charge is 0.281 e. The molecule has 0 saturated carbocycles. The van der Waals surface area contributed by atoms with E-state index in [9.17, 15) is 18.4 Å². The summed E-state index contributed by atoms with van der Waals surface area (Å²) in [6, 6.07) is 7.31. The number of likely N-dealkylation sites (N-methyl/N-ethyl adjacent to an activating group) is 1. The topological polar surface area (TPSA) is 107 Å².